The van der Waals surface area contributed by atoms with Crippen molar-refractivity contribution in [2.24, 2.45) is 0 Å². The van der Waals surface area contributed by atoms with Gasteiger partial charge < -0.3 is 4.98 Å². The van der Waals surface area contributed by atoms with E-state index in [-0.39, 0.29) is 5.69 Å². The molecule has 0 saturated heterocycles. The van der Waals surface area contributed by atoms with Crippen molar-refractivity contribution in [2.45, 2.75) is 0 Å². The van der Waals surface area contributed by atoms with Crippen molar-refractivity contribution < 1.29 is 0 Å². The highest BCUT2D eigenvalue weighted by molar-refractivity contribution is 9.10. The predicted octanol–water partition coefficient (Wildman–Crippen LogP) is 1.39. The van der Waals surface area contributed by atoms with Crippen molar-refractivity contribution in [3.05, 3.63) is 39.5 Å². The van der Waals surface area contributed by atoms with Crippen molar-refractivity contribution in [1.82, 2.24) is 9.38 Å². The second-order valence-corrected chi connectivity index (χ2v) is 3.01. The van der Waals surface area contributed by atoms with Gasteiger partial charge in [-0.15, -0.1) is 0 Å². The average Bonchev–Trinajstić information content (AvgIpc) is 2.34. The Labute approximate surface area is 70.8 Å². The summed E-state index contributed by atoms with van der Waals surface area (Å²) < 4.78 is 2.33. The van der Waals surface area contributed by atoms with E-state index in [1.807, 2.05) is 18.2 Å². The summed E-state index contributed by atoms with van der Waals surface area (Å²) in [6, 6.07) is 5.55. The van der Waals surface area contributed by atoms with E-state index in [1.165, 1.54) is 0 Å². The van der Waals surface area contributed by atoms with Crippen LogP contribution in [0.25, 0.3) is 5.52 Å². The highest BCUT2D eigenvalue weighted by Crippen LogP contribution is 2.11. The summed E-state index contributed by atoms with van der Waals surface area (Å²) in [7, 11) is 0. The fraction of sp³-hybridized carbons (Fsp3) is 0. The molecule has 0 aliphatic carbocycles. The first kappa shape index (κ1) is 6.67. The number of nitrogens with one attached hydrogen (secondary N) is 1. The van der Waals surface area contributed by atoms with Crippen LogP contribution >= 0.6 is 15.9 Å². The molecule has 4 heteroatoms. The molecule has 0 saturated carbocycles. The third-order valence-corrected chi connectivity index (χ3v) is 2.15. The van der Waals surface area contributed by atoms with E-state index in [0.717, 1.165) is 10.1 Å². The lowest BCUT2D eigenvalue weighted by Gasteiger charge is -1.91. The van der Waals surface area contributed by atoms with Crippen LogP contribution in [0.3, 0.4) is 0 Å². The maximum Gasteiger partial charge on any atom is 0.330 e. The van der Waals surface area contributed by atoms with E-state index in [4.69, 9.17) is 0 Å². The summed E-state index contributed by atoms with van der Waals surface area (Å²) in [4.78, 5) is 13.7. The van der Waals surface area contributed by atoms with Crippen LogP contribution in [0.2, 0.25) is 0 Å². The molecule has 56 valence electrons. The summed E-state index contributed by atoms with van der Waals surface area (Å²) in [6.45, 7) is 0. The van der Waals surface area contributed by atoms with Gasteiger partial charge in [-0.1, -0.05) is 0 Å². The molecule has 11 heavy (non-hydrogen) atoms. The molecule has 1 N–H and O–H groups in total. The number of aromatic nitrogens is 2. The molecule has 2 aromatic rings. The molecule has 0 radical (unpaired) electrons. The summed E-state index contributed by atoms with van der Waals surface area (Å²) in [5.41, 5.74) is 0.764. The number of nitrogens with zero attached hydrogens (tertiary/aromatic N) is 1. The Bertz CT molecular complexity index is 443. The fourth-order valence-electron chi connectivity index (χ4n) is 1.03. The van der Waals surface area contributed by atoms with Gasteiger partial charge in [0.15, 0.2) is 0 Å². The van der Waals surface area contributed by atoms with E-state index in [1.54, 1.807) is 10.6 Å². The Morgan fingerprint density at radius 2 is 2.18 bits per heavy atom. The normalized spacial score (nSPS) is 10.6. The largest absolute Gasteiger partial charge is 0.330 e. The smallest absolute Gasteiger partial charge is 0.314 e. The molecule has 0 spiro atoms. The SMILES string of the molecule is O=c1[nH]ccc2ccc(Br)n12. The topological polar surface area (TPSA) is 37.3 Å². The zero-order chi connectivity index (χ0) is 7.84. The summed E-state index contributed by atoms with van der Waals surface area (Å²) in [5, 5.41) is 0. The van der Waals surface area contributed by atoms with Crippen molar-refractivity contribution >= 4 is 21.4 Å². The number of H-pyrrole nitrogens is 1. The molecule has 2 rings (SSSR count). The molecular formula is C7H5BrN2O. The summed E-state index contributed by atoms with van der Waals surface area (Å²) >= 11 is 3.26. The third-order valence-electron chi connectivity index (χ3n) is 1.53. The van der Waals surface area contributed by atoms with E-state index in [0.29, 0.717) is 0 Å². The maximum atomic E-state index is 11.1. The lowest BCUT2D eigenvalue weighted by Crippen LogP contribution is -2.14. The summed E-state index contributed by atoms with van der Waals surface area (Å²) in [6.07, 6.45) is 1.63. The van der Waals surface area contributed by atoms with Crippen LogP contribution in [0, 0.1) is 0 Å². The number of aromatic amines is 1. The van der Waals surface area contributed by atoms with Crippen LogP contribution in [-0.4, -0.2) is 9.38 Å². The Morgan fingerprint density at radius 3 is 2.91 bits per heavy atom. The quantitative estimate of drug-likeness (QED) is 0.705. The molecule has 2 aromatic heterocycles. The second-order valence-electron chi connectivity index (χ2n) is 2.20. The van der Waals surface area contributed by atoms with Crippen molar-refractivity contribution in [3.63, 3.8) is 0 Å². The van der Waals surface area contributed by atoms with Crippen LogP contribution in [0.4, 0.5) is 0 Å². The van der Waals surface area contributed by atoms with Gasteiger partial charge in [-0.2, -0.15) is 0 Å². The molecule has 2 heterocycles. The highest BCUT2D eigenvalue weighted by Gasteiger charge is 1.98. The number of rotatable bonds is 0. The molecule has 0 bridgehead atoms. The van der Waals surface area contributed by atoms with Crippen LogP contribution in [0.5, 0.6) is 0 Å². The number of halogens is 1. The average molecular weight is 213 g/mol. The molecule has 0 aromatic carbocycles. The Kier molecular flexibility index (Phi) is 1.35. The van der Waals surface area contributed by atoms with E-state index >= 15 is 0 Å². The monoisotopic (exact) mass is 212 g/mol. The van der Waals surface area contributed by atoms with Gasteiger partial charge in [0.1, 0.15) is 0 Å². The standard InChI is InChI=1S/C7H5BrN2O/c8-6-2-1-5-3-4-9-7(11)10(5)6/h1-4H,(H,9,11). The van der Waals surface area contributed by atoms with Gasteiger partial charge in [-0.3, -0.25) is 4.40 Å². The molecule has 3 nitrogen and oxygen atoms in total. The minimum absolute atomic E-state index is 0.126. The minimum atomic E-state index is -0.126. The molecule has 0 atom stereocenters. The summed E-state index contributed by atoms with van der Waals surface area (Å²) in [5.74, 6) is 0. The van der Waals surface area contributed by atoms with Crippen molar-refractivity contribution in [3.8, 4) is 0 Å². The maximum absolute atomic E-state index is 11.1. The van der Waals surface area contributed by atoms with Crippen molar-refractivity contribution in [1.29, 1.82) is 0 Å². The first-order valence-corrected chi connectivity index (χ1v) is 3.93. The molecular weight excluding hydrogens is 208 g/mol. The fourth-order valence-corrected chi connectivity index (χ4v) is 1.53. The second kappa shape index (κ2) is 2.23. The van der Waals surface area contributed by atoms with Crippen LogP contribution in [0.15, 0.2) is 33.8 Å². The number of hydrogen-bond donors (Lipinski definition) is 1. The van der Waals surface area contributed by atoms with Crippen LogP contribution < -0.4 is 5.69 Å². The van der Waals surface area contributed by atoms with Crippen molar-refractivity contribution in [2.75, 3.05) is 0 Å². The Hall–Kier alpha value is -1.03. The molecule has 0 aliphatic heterocycles. The zero-order valence-electron chi connectivity index (χ0n) is 5.54. The molecule has 0 amide bonds. The molecule has 0 aliphatic rings. The molecule has 0 fully saturated rings. The van der Waals surface area contributed by atoms with E-state index in [9.17, 15) is 4.79 Å². The van der Waals surface area contributed by atoms with Gasteiger partial charge in [0, 0.05) is 6.20 Å². The van der Waals surface area contributed by atoms with E-state index < -0.39 is 0 Å². The number of fused-ring (bicyclic) bond motifs is 1. The zero-order valence-corrected chi connectivity index (χ0v) is 7.13. The van der Waals surface area contributed by atoms with Gasteiger partial charge in [0.25, 0.3) is 0 Å². The van der Waals surface area contributed by atoms with Gasteiger partial charge in [0.05, 0.1) is 10.1 Å². The van der Waals surface area contributed by atoms with Crippen LogP contribution in [0.1, 0.15) is 0 Å². The van der Waals surface area contributed by atoms with E-state index in [2.05, 4.69) is 20.9 Å². The Balaban J connectivity index is 3.08. The first-order valence-electron chi connectivity index (χ1n) is 3.14. The third kappa shape index (κ3) is 0.903. The Morgan fingerprint density at radius 1 is 1.36 bits per heavy atom. The van der Waals surface area contributed by atoms with Gasteiger partial charge in [0.2, 0.25) is 0 Å². The van der Waals surface area contributed by atoms with Gasteiger partial charge >= 0.3 is 5.69 Å². The lowest BCUT2D eigenvalue weighted by atomic mass is 10.5. The highest BCUT2D eigenvalue weighted by atomic mass is 79.9. The lowest BCUT2D eigenvalue weighted by molar-refractivity contribution is 0.990. The number of hydrogen-bond acceptors (Lipinski definition) is 1. The van der Waals surface area contributed by atoms with Gasteiger partial charge in [-0.05, 0) is 34.1 Å². The first-order chi connectivity index (χ1) is 5.29. The predicted molar refractivity (Wildman–Crippen MR) is 45.7 cm³/mol. The van der Waals surface area contributed by atoms with Gasteiger partial charge in [-0.25, -0.2) is 4.79 Å². The minimum Gasteiger partial charge on any atom is -0.314 e. The van der Waals surface area contributed by atoms with Crippen LogP contribution in [-0.2, 0) is 0 Å². The molecule has 0 unspecified atom stereocenters.